The number of ether oxygens (including phenoxy) is 1. The van der Waals surface area contributed by atoms with Crippen LogP contribution >= 0.6 is 0 Å². The second kappa shape index (κ2) is 7.13. The van der Waals surface area contributed by atoms with Gasteiger partial charge in [0.15, 0.2) is 0 Å². The Morgan fingerprint density at radius 3 is 2.92 bits per heavy atom. The standard InChI is InChI=1S/C18H23N3O3/c1-13-18(23)21(16-9-4-3-8-15(16)19-13)12-17(22)20(2)11-14-7-5-6-10-24-14/h3-4,8-9,14H,5-7,10-12H2,1-2H3/t14-/m1/s1. The number of amides is 1. The lowest BCUT2D eigenvalue weighted by Crippen LogP contribution is -2.40. The number of aromatic nitrogens is 2. The maximum Gasteiger partial charge on any atom is 0.272 e. The lowest BCUT2D eigenvalue weighted by Gasteiger charge is -2.27. The molecule has 2 aromatic rings. The third-order valence-electron chi connectivity index (χ3n) is 4.49. The van der Waals surface area contributed by atoms with Crippen molar-refractivity contribution >= 4 is 16.9 Å². The zero-order valence-corrected chi connectivity index (χ0v) is 14.2. The largest absolute Gasteiger partial charge is 0.376 e. The van der Waals surface area contributed by atoms with Crippen LogP contribution in [0.15, 0.2) is 29.1 Å². The summed E-state index contributed by atoms with van der Waals surface area (Å²) in [6.07, 6.45) is 3.31. The first-order valence-electron chi connectivity index (χ1n) is 8.38. The van der Waals surface area contributed by atoms with Crippen molar-refractivity contribution in [2.45, 2.75) is 38.8 Å². The molecule has 1 aromatic heterocycles. The number of aryl methyl sites for hydroxylation is 1. The molecule has 24 heavy (non-hydrogen) atoms. The van der Waals surface area contributed by atoms with E-state index < -0.39 is 0 Å². The number of nitrogens with zero attached hydrogens (tertiary/aromatic N) is 3. The van der Waals surface area contributed by atoms with E-state index in [1.807, 2.05) is 24.3 Å². The van der Waals surface area contributed by atoms with Gasteiger partial charge in [-0.2, -0.15) is 0 Å². The average Bonchev–Trinajstić information content (AvgIpc) is 2.59. The maximum atomic E-state index is 12.6. The van der Waals surface area contributed by atoms with E-state index in [1.165, 1.54) is 4.57 Å². The van der Waals surface area contributed by atoms with Crippen LogP contribution in [0, 0.1) is 6.92 Å². The minimum Gasteiger partial charge on any atom is -0.376 e. The van der Waals surface area contributed by atoms with Crippen LogP contribution in [0.25, 0.3) is 11.0 Å². The van der Waals surface area contributed by atoms with Crippen molar-refractivity contribution < 1.29 is 9.53 Å². The molecule has 1 amide bonds. The SMILES string of the molecule is Cc1nc2ccccc2n(CC(=O)N(C)C[C@H]2CCCCO2)c1=O. The summed E-state index contributed by atoms with van der Waals surface area (Å²) in [6.45, 7) is 3.02. The van der Waals surface area contributed by atoms with Crippen molar-refractivity contribution in [2.75, 3.05) is 20.2 Å². The molecule has 0 aliphatic carbocycles. The van der Waals surface area contributed by atoms with Gasteiger partial charge in [0.2, 0.25) is 5.91 Å². The van der Waals surface area contributed by atoms with Crippen LogP contribution in [-0.2, 0) is 16.1 Å². The van der Waals surface area contributed by atoms with E-state index in [0.717, 1.165) is 31.4 Å². The lowest BCUT2D eigenvalue weighted by molar-refractivity contribution is -0.132. The van der Waals surface area contributed by atoms with Crippen molar-refractivity contribution in [3.05, 3.63) is 40.3 Å². The molecule has 128 valence electrons. The molecule has 0 radical (unpaired) electrons. The summed E-state index contributed by atoms with van der Waals surface area (Å²) in [7, 11) is 1.77. The fraction of sp³-hybridized carbons (Fsp3) is 0.500. The second-order valence-electron chi connectivity index (χ2n) is 6.34. The van der Waals surface area contributed by atoms with Gasteiger partial charge >= 0.3 is 0 Å². The number of likely N-dealkylation sites (N-methyl/N-ethyl adjacent to an activating group) is 1. The summed E-state index contributed by atoms with van der Waals surface area (Å²) in [5.74, 6) is -0.0953. The number of hydrogen-bond acceptors (Lipinski definition) is 4. The zero-order chi connectivity index (χ0) is 17.1. The fourth-order valence-corrected chi connectivity index (χ4v) is 3.09. The zero-order valence-electron chi connectivity index (χ0n) is 14.2. The molecule has 2 heterocycles. The number of benzene rings is 1. The number of hydrogen-bond donors (Lipinski definition) is 0. The van der Waals surface area contributed by atoms with Crippen molar-refractivity contribution in [3.8, 4) is 0 Å². The third-order valence-corrected chi connectivity index (χ3v) is 4.49. The number of carbonyl (C=O) groups excluding carboxylic acids is 1. The molecule has 0 unspecified atom stereocenters. The van der Waals surface area contributed by atoms with E-state index in [0.29, 0.717) is 17.8 Å². The normalized spacial score (nSPS) is 17.8. The monoisotopic (exact) mass is 329 g/mol. The van der Waals surface area contributed by atoms with E-state index in [1.54, 1.807) is 18.9 Å². The molecule has 1 saturated heterocycles. The van der Waals surface area contributed by atoms with Gasteiger partial charge in [0.25, 0.3) is 5.56 Å². The van der Waals surface area contributed by atoms with Crippen molar-refractivity contribution in [1.29, 1.82) is 0 Å². The van der Waals surface area contributed by atoms with Crippen LogP contribution in [0.3, 0.4) is 0 Å². The summed E-state index contributed by atoms with van der Waals surface area (Å²) in [5, 5.41) is 0. The van der Waals surface area contributed by atoms with Crippen molar-refractivity contribution in [2.24, 2.45) is 0 Å². The number of para-hydroxylation sites is 2. The molecule has 6 heteroatoms. The van der Waals surface area contributed by atoms with Gasteiger partial charge in [0.1, 0.15) is 12.2 Å². The quantitative estimate of drug-likeness (QED) is 0.857. The van der Waals surface area contributed by atoms with Crippen LogP contribution in [0.4, 0.5) is 0 Å². The molecule has 0 bridgehead atoms. The predicted molar refractivity (Wildman–Crippen MR) is 92.0 cm³/mol. The highest BCUT2D eigenvalue weighted by Gasteiger charge is 2.20. The fourth-order valence-electron chi connectivity index (χ4n) is 3.09. The lowest BCUT2D eigenvalue weighted by atomic mass is 10.1. The first-order valence-corrected chi connectivity index (χ1v) is 8.38. The Morgan fingerprint density at radius 2 is 2.17 bits per heavy atom. The number of carbonyl (C=O) groups is 1. The molecule has 6 nitrogen and oxygen atoms in total. The Hall–Kier alpha value is -2.21. The molecule has 1 atom stereocenters. The molecule has 3 rings (SSSR count). The smallest absolute Gasteiger partial charge is 0.272 e. The van der Waals surface area contributed by atoms with Crippen molar-refractivity contribution in [1.82, 2.24) is 14.5 Å². The Kier molecular flexibility index (Phi) is 4.94. The Morgan fingerprint density at radius 1 is 1.38 bits per heavy atom. The molecular formula is C18H23N3O3. The summed E-state index contributed by atoms with van der Waals surface area (Å²) < 4.78 is 7.20. The highest BCUT2D eigenvalue weighted by molar-refractivity contribution is 5.80. The van der Waals surface area contributed by atoms with Crippen molar-refractivity contribution in [3.63, 3.8) is 0 Å². The molecule has 0 spiro atoms. The Labute approximate surface area is 141 Å². The summed E-state index contributed by atoms with van der Waals surface area (Å²) in [5.41, 5.74) is 1.59. The molecular weight excluding hydrogens is 306 g/mol. The van der Waals surface area contributed by atoms with Gasteiger partial charge in [0.05, 0.1) is 17.1 Å². The van der Waals surface area contributed by atoms with Crippen LogP contribution in [-0.4, -0.2) is 46.7 Å². The maximum absolute atomic E-state index is 12.6. The van der Waals surface area contributed by atoms with E-state index in [-0.39, 0.29) is 24.1 Å². The van der Waals surface area contributed by atoms with Crippen LogP contribution in [0.1, 0.15) is 25.0 Å². The molecule has 1 aliphatic rings. The number of rotatable bonds is 4. The minimum atomic E-state index is -0.218. The topological polar surface area (TPSA) is 64.4 Å². The van der Waals surface area contributed by atoms with Crippen LogP contribution in [0.5, 0.6) is 0 Å². The van der Waals surface area contributed by atoms with E-state index in [9.17, 15) is 9.59 Å². The van der Waals surface area contributed by atoms with E-state index >= 15 is 0 Å². The van der Waals surface area contributed by atoms with Gasteiger partial charge in [-0.1, -0.05) is 12.1 Å². The number of fused-ring (bicyclic) bond motifs is 1. The summed E-state index contributed by atoms with van der Waals surface area (Å²) >= 11 is 0. The van der Waals surface area contributed by atoms with Gasteiger partial charge in [-0.05, 0) is 38.3 Å². The van der Waals surface area contributed by atoms with Gasteiger partial charge < -0.3 is 9.64 Å². The Bertz CT molecular complexity index is 794. The summed E-state index contributed by atoms with van der Waals surface area (Å²) in [4.78, 5) is 31.0. The average molecular weight is 329 g/mol. The minimum absolute atomic E-state index is 0.0198. The van der Waals surface area contributed by atoms with Crippen LogP contribution < -0.4 is 5.56 Å². The predicted octanol–water partition coefficient (Wildman–Crippen LogP) is 1.73. The van der Waals surface area contributed by atoms with Gasteiger partial charge in [0, 0.05) is 20.2 Å². The van der Waals surface area contributed by atoms with Gasteiger partial charge in [-0.25, -0.2) is 4.98 Å². The van der Waals surface area contributed by atoms with Crippen LogP contribution in [0.2, 0.25) is 0 Å². The molecule has 1 aromatic carbocycles. The van der Waals surface area contributed by atoms with E-state index in [2.05, 4.69) is 4.98 Å². The Balaban J connectivity index is 1.80. The molecule has 1 fully saturated rings. The van der Waals surface area contributed by atoms with Gasteiger partial charge in [-0.3, -0.25) is 14.2 Å². The van der Waals surface area contributed by atoms with Gasteiger partial charge in [-0.15, -0.1) is 0 Å². The first-order chi connectivity index (χ1) is 11.6. The third kappa shape index (κ3) is 3.48. The first kappa shape index (κ1) is 16.6. The highest BCUT2D eigenvalue weighted by Crippen LogP contribution is 2.14. The summed E-state index contributed by atoms with van der Waals surface area (Å²) in [6, 6.07) is 7.39. The van der Waals surface area contributed by atoms with E-state index in [4.69, 9.17) is 4.74 Å². The second-order valence-corrected chi connectivity index (χ2v) is 6.34. The highest BCUT2D eigenvalue weighted by atomic mass is 16.5. The molecule has 1 aliphatic heterocycles. The molecule has 0 saturated carbocycles. The molecule has 0 N–H and O–H groups in total.